The molecule has 0 radical (unpaired) electrons. The van der Waals surface area contributed by atoms with Crippen LogP contribution in [-0.4, -0.2) is 81.5 Å². The fourth-order valence-electron chi connectivity index (χ4n) is 7.08. The molecular formula is C48H92NO12P. The molecule has 0 rings (SSSR count). The lowest BCUT2D eigenvalue weighted by Gasteiger charge is -2.20. The van der Waals surface area contributed by atoms with Gasteiger partial charge in [0.25, 0.3) is 0 Å². The lowest BCUT2D eigenvalue weighted by molar-refractivity contribution is -0.161. The molecule has 13 nitrogen and oxygen atoms in total. The van der Waals surface area contributed by atoms with Gasteiger partial charge >= 0.3 is 25.7 Å². The summed E-state index contributed by atoms with van der Waals surface area (Å²) >= 11 is 0. The Balaban J connectivity index is 4.53. The molecule has 0 saturated heterocycles. The molecule has 0 aromatic heterocycles. The summed E-state index contributed by atoms with van der Waals surface area (Å²) in [4.78, 5) is 59.3. The topological polar surface area (TPSA) is 173 Å². The number of esters is 3. The fourth-order valence-corrected chi connectivity index (χ4v) is 7.83. The van der Waals surface area contributed by atoms with Crippen molar-refractivity contribution in [3.8, 4) is 0 Å². The van der Waals surface area contributed by atoms with Crippen LogP contribution in [0.1, 0.15) is 232 Å². The molecule has 1 amide bonds. The van der Waals surface area contributed by atoms with Crippen molar-refractivity contribution >= 4 is 31.6 Å². The molecule has 62 heavy (non-hydrogen) atoms. The van der Waals surface area contributed by atoms with Gasteiger partial charge in [-0.05, 0) is 12.8 Å². The van der Waals surface area contributed by atoms with Gasteiger partial charge < -0.3 is 29.2 Å². The highest BCUT2D eigenvalue weighted by Gasteiger charge is 2.26. The van der Waals surface area contributed by atoms with Crippen LogP contribution in [0.15, 0.2) is 0 Å². The first-order valence-electron chi connectivity index (χ1n) is 25.0. The maximum absolute atomic E-state index is 12.8. The van der Waals surface area contributed by atoms with Crippen molar-refractivity contribution in [2.45, 2.75) is 238 Å². The third kappa shape index (κ3) is 44.6. The Morgan fingerprint density at radius 1 is 0.468 bits per heavy atom. The van der Waals surface area contributed by atoms with Crippen LogP contribution in [0.5, 0.6) is 0 Å². The lowest BCUT2D eigenvalue weighted by Crippen LogP contribution is -2.30. The first-order valence-corrected chi connectivity index (χ1v) is 26.5. The molecule has 0 aliphatic heterocycles. The Kier molecular flexibility index (Phi) is 44.0. The van der Waals surface area contributed by atoms with Gasteiger partial charge in [-0.2, -0.15) is 0 Å². The van der Waals surface area contributed by atoms with Crippen molar-refractivity contribution in [1.29, 1.82) is 0 Å². The molecular weight excluding hydrogens is 813 g/mol. The van der Waals surface area contributed by atoms with E-state index >= 15 is 0 Å². The number of carbonyl (C=O) groups is 4. The minimum atomic E-state index is -4.61. The van der Waals surface area contributed by atoms with Crippen molar-refractivity contribution in [3.05, 3.63) is 0 Å². The second-order valence-electron chi connectivity index (χ2n) is 16.9. The highest BCUT2D eigenvalue weighted by atomic mass is 31.2. The summed E-state index contributed by atoms with van der Waals surface area (Å²) in [6.07, 6.45) is 35.7. The third-order valence-corrected chi connectivity index (χ3v) is 11.9. The SMILES string of the molecule is CCCCCCCCCCCCCCCCCC(=O)OCC(COP(=O)(O)OCCNC(=O)CCC(=O)OCCOC)OC(=O)CCCCCCCCCCCCCCCCC. The summed E-state index contributed by atoms with van der Waals surface area (Å²) < 4.78 is 43.4. The molecule has 0 heterocycles. The van der Waals surface area contributed by atoms with E-state index < -0.39 is 44.3 Å². The zero-order valence-corrected chi connectivity index (χ0v) is 40.6. The number of phosphoric ester groups is 1. The quantitative estimate of drug-likeness (QED) is 0.0256. The maximum atomic E-state index is 12.8. The predicted molar refractivity (Wildman–Crippen MR) is 247 cm³/mol. The van der Waals surface area contributed by atoms with Crippen molar-refractivity contribution in [2.24, 2.45) is 0 Å². The first kappa shape index (κ1) is 60.0. The van der Waals surface area contributed by atoms with E-state index in [0.29, 0.717) is 12.8 Å². The molecule has 0 fully saturated rings. The van der Waals surface area contributed by atoms with Crippen molar-refractivity contribution in [3.63, 3.8) is 0 Å². The second kappa shape index (κ2) is 45.5. The Bertz CT molecular complexity index is 1110. The number of nitrogens with one attached hydrogen (secondary N) is 1. The second-order valence-corrected chi connectivity index (χ2v) is 18.3. The van der Waals surface area contributed by atoms with Gasteiger partial charge in [0.15, 0.2) is 6.10 Å². The number of ether oxygens (including phenoxy) is 4. The van der Waals surface area contributed by atoms with E-state index in [2.05, 4.69) is 19.2 Å². The van der Waals surface area contributed by atoms with Gasteiger partial charge in [0, 0.05) is 32.9 Å². The van der Waals surface area contributed by atoms with Crippen molar-refractivity contribution < 1.29 is 56.6 Å². The molecule has 14 heteroatoms. The molecule has 2 atom stereocenters. The zero-order valence-electron chi connectivity index (χ0n) is 39.7. The van der Waals surface area contributed by atoms with Crippen LogP contribution in [0.2, 0.25) is 0 Å². The maximum Gasteiger partial charge on any atom is 0.472 e. The largest absolute Gasteiger partial charge is 0.472 e. The molecule has 0 saturated carbocycles. The highest BCUT2D eigenvalue weighted by Crippen LogP contribution is 2.43. The molecule has 0 aliphatic carbocycles. The lowest BCUT2D eigenvalue weighted by atomic mass is 10.0. The van der Waals surface area contributed by atoms with Gasteiger partial charge in [-0.1, -0.05) is 194 Å². The monoisotopic (exact) mass is 906 g/mol. The fraction of sp³-hybridized carbons (Fsp3) is 0.917. The summed E-state index contributed by atoms with van der Waals surface area (Å²) in [6.45, 7) is 3.55. The number of hydrogen-bond acceptors (Lipinski definition) is 11. The number of hydrogen-bond donors (Lipinski definition) is 2. The van der Waals surface area contributed by atoms with E-state index in [4.69, 9.17) is 28.0 Å². The highest BCUT2D eigenvalue weighted by molar-refractivity contribution is 7.47. The van der Waals surface area contributed by atoms with E-state index in [1.54, 1.807) is 0 Å². The summed E-state index contributed by atoms with van der Waals surface area (Å²) in [5.74, 6) is -1.92. The van der Waals surface area contributed by atoms with Crippen LogP contribution in [0.25, 0.3) is 0 Å². The molecule has 0 aromatic rings. The molecule has 0 spiro atoms. The molecule has 0 aliphatic rings. The minimum Gasteiger partial charge on any atom is -0.463 e. The van der Waals surface area contributed by atoms with E-state index in [1.165, 1.54) is 148 Å². The summed E-state index contributed by atoms with van der Waals surface area (Å²) in [5.41, 5.74) is 0. The minimum absolute atomic E-state index is 0.0954. The standard InChI is InChI=1S/C48H92NO12P/c1-4-6-8-10-12-14-16-18-20-22-24-26-28-30-32-34-46(51)58-42-44(43-60-62(54,55)59-39-38-49-45(50)36-37-47(52)57-41-40-56-3)61-48(53)35-33-31-29-27-25-23-21-19-17-15-13-11-9-7-5-2/h44H,4-43H2,1-3H3,(H,49,50)(H,54,55). The van der Waals surface area contributed by atoms with Crippen LogP contribution in [-0.2, 0) is 51.7 Å². The number of rotatable bonds is 48. The zero-order chi connectivity index (χ0) is 45.6. The molecule has 2 N–H and O–H groups in total. The summed E-state index contributed by atoms with van der Waals surface area (Å²) in [5, 5.41) is 2.49. The predicted octanol–water partition coefficient (Wildman–Crippen LogP) is 12.2. The van der Waals surface area contributed by atoms with Crippen molar-refractivity contribution in [1.82, 2.24) is 5.32 Å². The van der Waals surface area contributed by atoms with Crippen LogP contribution >= 0.6 is 7.82 Å². The van der Waals surface area contributed by atoms with E-state index in [-0.39, 0.29) is 58.7 Å². The third-order valence-electron chi connectivity index (χ3n) is 10.9. The number of phosphoric acid groups is 1. The number of carbonyl (C=O) groups excluding carboxylic acids is 4. The van der Waals surface area contributed by atoms with Crippen LogP contribution in [0, 0.1) is 0 Å². The Morgan fingerprint density at radius 3 is 1.31 bits per heavy atom. The average molecular weight is 906 g/mol. The van der Waals surface area contributed by atoms with Gasteiger partial charge in [-0.15, -0.1) is 0 Å². The first-order chi connectivity index (χ1) is 30.1. The Morgan fingerprint density at radius 2 is 0.871 bits per heavy atom. The Labute approximate surface area is 377 Å². The number of methoxy groups -OCH3 is 1. The van der Waals surface area contributed by atoms with Gasteiger partial charge in [-0.3, -0.25) is 28.2 Å². The smallest absolute Gasteiger partial charge is 0.463 e. The summed E-state index contributed by atoms with van der Waals surface area (Å²) in [7, 11) is -3.13. The summed E-state index contributed by atoms with van der Waals surface area (Å²) in [6, 6.07) is 0. The Hall–Kier alpha value is -2.05. The van der Waals surface area contributed by atoms with E-state index in [0.717, 1.165) is 38.5 Å². The van der Waals surface area contributed by atoms with Gasteiger partial charge in [0.05, 0.1) is 26.2 Å². The van der Waals surface area contributed by atoms with Gasteiger partial charge in [0.2, 0.25) is 5.91 Å². The van der Waals surface area contributed by atoms with Gasteiger partial charge in [0.1, 0.15) is 13.2 Å². The molecule has 366 valence electrons. The average Bonchev–Trinajstić information content (AvgIpc) is 3.25. The van der Waals surface area contributed by atoms with Crippen LogP contribution in [0.3, 0.4) is 0 Å². The van der Waals surface area contributed by atoms with E-state index in [1.807, 2.05) is 0 Å². The van der Waals surface area contributed by atoms with Crippen molar-refractivity contribution in [2.75, 3.05) is 46.7 Å². The van der Waals surface area contributed by atoms with Crippen LogP contribution in [0.4, 0.5) is 0 Å². The van der Waals surface area contributed by atoms with Gasteiger partial charge in [-0.25, -0.2) is 4.57 Å². The molecule has 2 unspecified atom stereocenters. The number of amides is 1. The van der Waals surface area contributed by atoms with Crippen LogP contribution < -0.4 is 5.32 Å². The normalized spacial score (nSPS) is 12.8. The van der Waals surface area contributed by atoms with E-state index in [9.17, 15) is 28.6 Å². The molecule has 0 bridgehead atoms. The molecule has 0 aromatic carbocycles. The number of unbranched alkanes of at least 4 members (excludes halogenated alkanes) is 28.